The first kappa shape index (κ1) is 14.5. The molecule has 0 aromatic carbocycles. The van der Waals surface area contributed by atoms with Gasteiger partial charge in [0.05, 0.1) is 17.4 Å². The Kier molecular flexibility index (Phi) is 4.96. The Morgan fingerprint density at radius 3 is 2.84 bits per heavy atom. The third-order valence-electron chi connectivity index (χ3n) is 2.55. The Labute approximate surface area is 126 Å². The number of nitrogens with one attached hydrogen (secondary N) is 1. The summed E-state index contributed by atoms with van der Waals surface area (Å²) in [4.78, 5) is 4.41. The lowest BCUT2D eigenvalue weighted by molar-refractivity contribution is 0.550. The maximum atomic E-state index is 5.90. The highest BCUT2D eigenvalue weighted by Crippen LogP contribution is 2.18. The van der Waals surface area contributed by atoms with Crippen LogP contribution in [0.3, 0.4) is 0 Å². The van der Waals surface area contributed by atoms with Gasteiger partial charge in [0.1, 0.15) is 0 Å². The molecule has 6 heteroatoms. The van der Waals surface area contributed by atoms with E-state index in [1.807, 2.05) is 6.07 Å². The monoisotopic (exact) mass is 342 g/mol. The predicted octanol–water partition coefficient (Wildman–Crippen LogP) is 3.43. The lowest BCUT2D eigenvalue weighted by atomic mass is 10.2. The standard InChI is InChI=1S/C13H16BrClN4/c1-9(2)4-16-5-10-3-11(14)6-17-13(10)19-8-12(15)7-18-19/h3,6-9,16H,4-5H2,1-2H3. The van der Waals surface area contributed by atoms with Crippen molar-refractivity contribution in [3.8, 4) is 5.82 Å². The summed E-state index contributed by atoms with van der Waals surface area (Å²) in [5.41, 5.74) is 1.08. The minimum absolute atomic E-state index is 0.603. The summed E-state index contributed by atoms with van der Waals surface area (Å²) in [7, 11) is 0. The van der Waals surface area contributed by atoms with Crippen LogP contribution in [-0.4, -0.2) is 21.3 Å². The molecule has 2 rings (SSSR count). The molecule has 0 bridgehead atoms. The van der Waals surface area contributed by atoms with Crippen molar-refractivity contribution in [1.29, 1.82) is 0 Å². The van der Waals surface area contributed by atoms with Crippen LogP contribution >= 0.6 is 27.5 Å². The number of nitrogens with zero attached hydrogens (tertiary/aromatic N) is 3. The molecule has 0 fully saturated rings. The van der Waals surface area contributed by atoms with Gasteiger partial charge in [-0.25, -0.2) is 9.67 Å². The van der Waals surface area contributed by atoms with Gasteiger partial charge in [-0.1, -0.05) is 25.4 Å². The van der Waals surface area contributed by atoms with Gasteiger partial charge < -0.3 is 5.32 Å². The van der Waals surface area contributed by atoms with Gasteiger partial charge in [-0.05, 0) is 34.5 Å². The van der Waals surface area contributed by atoms with Gasteiger partial charge in [0.25, 0.3) is 0 Å². The zero-order valence-corrected chi connectivity index (χ0v) is 13.2. The smallest absolute Gasteiger partial charge is 0.157 e. The largest absolute Gasteiger partial charge is 0.312 e. The summed E-state index contributed by atoms with van der Waals surface area (Å²) in [5.74, 6) is 1.41. The number of hydrogen-bond donors (Lipinski definition) is 1. The fourth-order valence-corrected chi connectivity index (χ4v) is 2.24. The molecule has 2 heterocycles. The van der Waals surface area contributed by atoms with Gasteiger partial charge in [0.2, 0.25) is 0 Å². The second-order valence-electron chi connectivity index (χ2n) is 4.76. The van der Waals surface area contributed by atoms with Crippen molar-refractivity contribution in [1.82, 2.24) is 20.1 Å². The molecule has 0 aliphatic carbocycles. The molecule has 0 atom stereocenters. The molecule has 2 aromatic heterocycles. The molecule has 0 saturated heterocycles. The molecule has 2 aromatic rings. The van der Waals surface area contributed by atoms with E-state index in [-0.39, 0.29) is 0 Å². The first-order valence-corrected chi connectivity index (χ1v) is 7.29. The molecular weight excluding hydrogens is 328 g/mol. The van der Waals surface area contributed by atoms with E-state index in [2.05, 4.69) is 45.2 Å². The third-order valence-corrected chi connectivity index (χ3v) is 3.17. The Morgan fingerprint density at radius 2 is 2.21 bits per heavy atom. The average Bonchev–Trinajstić information content (AvgIpc) is 2.75. The van der Waals surface area contributed by atoms with Crippen molar-refractivity contribution in [3.05, 3.63) is 39.7 Å². The number of halogens is 2. The molecule has 0 spiro atoms. The van der Waals surface area contributed by atoms with Crippen LogP contribution in [0.5, 0.6) is 0 Å². The van der Waals surface area contributed by atoms with Gasteiger partial charge in [0, 0.05) is 22.8 Å². The lowest BCUT2D eigenvalue weighted by Crippen LogP contribution is -2.20. The molecule has 0 saturated carbocycles. The molecule has 4 nitrogen and oxygen atoms in total. The van der Waals surface area contributed by atoms with Crippen LogP contribution in [-0.2, 0) is 6.54 Å². The van der Waals surface area contributed by atoms with E-state index >= 15 is 0 Å². The molecule has 0 aliphatic rings. The number of aromatic nitrogens is 3. The third kappa shape index (κ3) is 4.03. The van der Waals surface area contributed by atoms with Crippen molar-refractivity contribution in [2.75, 3.05) is 6.54 Å². The topological polar surface area (TPSA) is 42.7 Å². The molecule has 102 valence electrons. The molecular formula is C13H16BrClN4. The number of rotatable bonds is 5. The van der Waals surface area contributed by atoms with Gasteiger partial charge in [-0.15, -0.1) is 0 Å². The van der Waals surface area contributed by atoms with Crippen LogP contribution < -0.4 is 5.32 Å². The maximum absolute atomic E-state index is 5.90. The first-order valence-electron chi connectivity index (χ1n) is 6.12. The zero-order chi connectivity index (χ0) is 13.8. The van der Waals surface area contributed by atoms with Crippen molar-refractivity contribution < 1.29 is 0 Å². The molecule has 19 heavy (non-hydrogen) atoms. The Balaban J connectivity index is 2.23. The quantitative estimate of drug-likeness (QED) is 0.904. The second kappa shape index (κ2) is 6.50. The minimum Gasteiger partial charge on any atom is -0.312 e. The Hall–Kier alpha value is -0.910. The fourth-order valence-electron chi connectivity index (χ4n) is 1.72. The molecule has 0 unspecified atom stereocenters. The summed E-state index contributed by atoms with van der Waals surface area (Å²) >= 11 is 9.35. The van der Waals surface area contributed by atoms with Crippen LogP contribution in [0.4, 0.5) is 0 Å². The van der Waals surface area contributed by atoms with Crippen LogP contribution in [0.2, 0.25) is 5.02 Å². The van der Waals surface area contributed by atoms with Crippen molar-refractivity contribution in [2.24, 2.45) is 5.92 Å². The number of hydrogen-bond acceptors (Lipinski definition) is 3. The number of pyridine rings is 1. The van der Waals surface area contributed by atoms with Crippen molar-refractivity contribution >= 4 is 27.5 Å². The van der Waals surface area contributed by atoms with E-state index in [1.54, 1.807) is 23.3 Å². The Bertz CT molecular complexity index is 553. The van der Waals surface area contributed by atoms with E-state index in [4.69, 9.17) is 11.6 Å². The summed E-state index contributed by atoms with van der Waals surface area (Å²) < 4.78 is 2.65. The highest BCUT2D eigenvalue weighted by molar-refractivity contribution is 9.10. The molecule has 1 N–H and O–H groups in total. The summed E-state index contributed by atoms with van der Waals surface area (Å²) in [6.07, 6.45) is 5.12. The highest BCUT2D eigenvalue weighted by Gasteiger charge is 2.09. The zero-order valence-electron chi connectivity index (χ0n) is 10.9. The molecule has 0 aliphatic heterocycles. The van der Waals surface area contributed by atoms with Gasteiger partial charge >= 0.3 is 0 Å². The van der Waals surface area contributed by atoms with Crippen LogP contribution in [0.15, 0.2) is 29.1 Å². The van der Waals surface area contributed by atoms with Gasteiger partial charge in [-0.2, -0.15) is 5.10 Å². The SMILES string of the molecule is CC(C)CNCc1cc(Br)cnc1-n1cc(Cl)cn1. The second-order valence-corrected chi connectivity index (χ2v) is 6.12. The van der Waals surface area contributed by atoms with Gasteiger partial charge in [0.15, 0.2) is 5.82 Å². The van der Waals surface area contributed by atoms with Crippen molar-refractivity contribution in [3.63, 3.8) is 0 Å². The summed E-state index contributed by atoms with van der Waals surface area (Å²) in [6.45, 7) is 6.07. The predicted molar refractivity (Wildman–Crippen MR) is 80.6 cm³/mol. The van der Waals surface area contributed by atoms with Crippen LogP contribution in [0.1, 0.15) is 19.4 Å². The van der Waals surface area contributed by atoms with E-state index in [9.17, 15) is 0 Å². The summed E-state index contributed by atoms with van der Waals surface area (Å²) in [6, 6.07) is 2.05. The van der Waals surface area contributed by atoms with E-state index in [0.717, 1.165) is 28.9 Å². The molecule has 0 amide bonds. The van der Waals surface area contributed by atoms with Crippen molar-refractivity contribution in [2.45, 2.75) is 20.4 Å². The van der Waals surface area contributed by atoms with E-state index in [1.165, 1.54) is 0 Å². The maximum Gasteiger partial charge on any atom is 0.157 e. The average molecular weight is 344 g/mol. The van der Waals surface area contributed by atoms with E-state index < -0.39 is 0 Å². The fraction of sp³-hybridized carbons (Fsp3) is 0.385. The highest BCUT2D eigenvalue weighted by atomic mass is 79.9. The van der Waals surface area contributed by atoms with E-state index in [0.29, 0.717) is 10.9 Å². The minimum atomic E-state index is 0.603. The Morgan fingerprint density at radius 1 is 1.42 bits per heavy atom. The lowest BCUT2D eigenvalue weighted by Gasteiger charge is -2.11. The van der Waals surface area contributed by atoms with Crippen LogP contribution in [0, 0.1) is 5.92 Å². The summed E-state index contributed by atoms with van der Waals surface area (Å²) in [5, 5.41) is 8.21. The first-order chi connectivity index (χ1) is 9.06. The van der Waals surface area contributed by atoms with Gasteiger partial charge in [-0.3, -0.25) is 0 Å². The molecule has 0 radical (unpaired) electrons. The normalized spacial score (nSPS) is 11.2. The van der Waals surface area contributed by atoms with Crippen LogP contribution in [0.25, 0.3) is 5.82 Å².